The molecule has 2 bridgehead atoms. The Morgan fingerprint density at radius 1 is 1.55 bits per heavy atom. The molecule has 0 aromatic carbocycles. The fourth-order valence-corrected chi connectivity index (χ4v) is 2.11. The molecule has 1 unspecified atom stereocenters. The van der Waals surface area contributed by atoms with E-state index in [-0.39, 0.29) is 17.0 Å². The number of quaternary nitrogens is 1. The van der Waals surface area contributed by atoms with Gasteiger partial charge in [0.15, 0.2) is 5.54 Å². The Balaban J connectivity index is 0.000000605. The van der Waals surface area contributed by atoms with Gasteiger partial charge in [-0.1, -0.05) is 5.92 Å². The molecular weight excluding hydrogens is 202 g/mol. The van der Waals surface area contributed by atoms with Gasteiger partial charge in [-0.2, -0.15) is 0 Å². The minimum absolute atomic E-state index is 0. The number of halogens is 1. The molecule has 0 spiro atoms. The summed E-state index contributed by atoms with van der Waals surface area (Å²) in [4.78, 5) is 1.64. The molecule has 1 N–H and O–H groups in total. The molecule has 0 aromatic rings. The Bertz CT molecular complexity index is 215. The molecule has 2 heteroatoms. The van der Waals surface area contributed by atoms with Gasteiger partial charge >= 0.3 is 0 Å². The van der Waals surface area contributed by atoms with E-state index >= 15 is 0 Å². The molecule has 0 amide bonds. The van der Waals surface area contributed by atoms with Crippen molar-refractivity contribution in [1.82, 2.24) is 0 Å². The van der Waals surface area contributed by atoms with E-state index in [2.05, 4.69) is 25.8 Å². The van der Waals surface area contributed by atoms with Crippen LogP contribution in [0, 0.1) is 11.8 Å². The molecule has 2 aliphatic rings. The lowest BCUT2D eigenvalue weighted by atomic mass is 10.0. The van der Waals surface area contributed by atoms with Crippen molar-refractivity contribution in [2.24, 2.45) is 0 Å². The van der Waals surface area contributed by atoms with Crippen LogP contribution in [0.3, 0.4) is 0 Å². The third kappa shape index (κ3) is 1.21. The average Bonchev–Trinajstić information content (AvgIpc) is 2.18. The van der Waals surface area contributed by atoms with Crippen molar-refractivity contribution in [2.45, 2.75) is 37.8 Å². The Labute approximate surface area is 78.9 Å². The van der Waals surface area contributed by atoms with Gasteiger partial charge in [0, 0.05) is 19.8 Å². The van der Waals surface area contributed by atoms with Crippen LogP contribution in [0.5, 0.6) is 0 Å². The highest BCUT2D eigenvalue weighted by Crippen LogP contribution is 2.20. The molecule has 11 heavy (non-hydrogen) atoms. The third-order valence-corrected chi connectivity index (χ3v) is 3.19. The minimum atomic E-state index is 0. The summed E-state index contributed by atoms with van der Waals surface area (Å²) in [6.45, 7) is 2.29. The van der Waals surface area contributed by atoms with Gasteiger partial charge in [0.1, 0.15) is 0 Å². The van der Waals surface area contributed by atoms with Crippen molar-refractivity contribution in [1.29, 1.82) is 0 Å². The average molecular weight is 216 g/mol. The van der Waals surface area contributed by atoms with Gasteiger partial charge in [0.25, 0.3) is 0 Å². The number of hydrogen-bond donors (Lipinski definition) is 1. The molecule has 2 aliphatic heterocycles. The van der Waals surface area contributed by atoms with Gasteiger partial charge in [-0.3, -0.25) is 0 Å². The number of rotatable bonds is 0. The summed E-state index contributed by atoms with van der Waals surface area (Å²) >= 11 is 0. The summed E-state index contributed by atoms with van der Waals surface area (Å²) < 4.78 is 0. The quantitative estimate of drug-likeness (QED) is 0.408. The fraction of sp³-hybridized carbons (Fsp3) is 0.778. The monoisotopic (exact) mass is 215 g/mol. The van der Waals surface area contributed by atoms with Crippen LogP contribution >= 0.6 is 0 Å². The topological polar surface area (TPSA) is 4.44 Å². The molecule has 62 valence electrons. The van der Waals surface area contributed by atoms with Gasteiger partial charge in [0.05, 0.1) is 19.5 Å². The predicted molar refractivity (Wildman–Crippen MR) is 40.7 cm³/mol. The molecule has 1 fully saturated rings. The standard InChI is InChI=1S/C9H13N.BrH/c1-9-6-3-4-8(5-7-9)10(9)2;/h8H,4-5,7H2,1-2H3;1H/t8-,9+;/m1./s1. The Kier molecular flexibility index (Phi) is 2.32. The lowest BCUT2D eigenvalue weighted by molar-refractivity contribution is -0.932. The van der Waals surface area contributed by atoms with Crippen molar-refractivity contribution in [3.63, 3.8) is 0 Å². The first-order chi connectivity index (χ1) is 4.72. The summed E-state index contributed by atoms with van der Waals surface area (Å²) in [6.07, 6.45) is 3.79. The number of nitrogens with one attached hydrogen (secondary N) is 1. The molecule has 0 aliphatic carbocycles. The van der Waals surface area contributed by atoms with Crippen molar-refractivity contribution >= 4 is 0 Å². The molecule has 1 nitrogen and oxygen atoms in total. The van der Waals surface area contributed by atoms with Gasteiger partial charge < -0.3 is 21.9 Å². The predicted octanol–water partition coefficient (Wildman–Crippen LogP) is -3.17. The smallest absolute Gasteiger partial charge is 0.156 e. The van der Waals surface area contributed by atoms with E-state index in [9.17, 15) is 0 Å². The van der Waals surface area contributed by atoms with Gasteiger partial charge in [-0.15, -0.1) is 0 Å². The molecule has 2 rings (SSSR count). The second-order valence-corrected chi connectivity index (χ2v) is 3.76. The summed E-state index contributed by atoms with van der Waals surface area (Å²) in [5.41, 5.74) is 0.308. The summed E-state index contributed by atoms with van der Waals surface area (Å²) in [6, 6.07) is 0.839. The molecule has 3 atom stereocenters. The molecule has 0 radical (unpaired) electrons. The van der Waals surface area contributed by atoms with Gasteiger partial charge in [-0.05, 0) is 5.92 Å². The Morgan fingerprint density at radius 3 is 2.82 bits per heavy atom. The van der Waals surface area contributed by atoms with Crippen LogP contribution in [0.15, 0.2) is 0 Å². The lowest BCUT2D eigenvalue weighted by Gasteiger charge is -2.29. The molecule has 2 heterocycles. The number of hydrogen-bond acceptors (Lipinski definition) is 0. The van der Waals surface area contributed by atoms with E-state index < -0.39 is 0 Å². The van der Waals surface area contributed by atoms with Gasteiger partial charge in [0.2, 0.25) is 0 Å². The maximum atomic E-state index is 3.35. The zero-order valence-corrected chi connectivity index (χ0v) is 8.66. The van der Waals surface area contributed by atoms with E-state index in [1.165, 1.54) is 12.8 Å². The summed E-state index contributed by atoms with van der Waals surface area (Å²) in [7, 11) is 2.28. The van der Waals surface area contributed by atoms with Crippen LogP contribution < -0.4 is 21.9 Å². The number of fused-ring (bicyclic) bond motifs is 2. The lowest BCUT2D eigenvalue weighted by Crippen LogP contribution is -3.18. The molecule has 1 saturated heterocycles. The van der Waals surface area contributed by atoms with Crippen LogP contribution in [-0.4, -0.2) is 18.6 Å². The highest BCUT2D eigenvalue weighted by Gasteiger charge is 2.44. The van der Waals surface area contributed by atoms with Crippen molar-refractivity contribution in [3.05, 3.63) is 0 Å². The van der Waals surface area contributed by atoms with E-state index in [1.807, 2.05) is 0 Å². The normalized spacial score (nSPS) is 45.6. The molecule has 0 aromatic heterocycles. The highest BCUT2D eigenvalue weighted by molar-refractivity contribution is 5.18. The van der Waals surface area contributed by atoms with E-state index in [4.69, 9.17) is 0 Å². The van der Waals surface area contributed by atoms with E-state index in [0.717, 1.165) is 12.5 Å². The van der Waals surface area contributed by atoms with Crippen LogP contribution in [0.1, 0.15) is 26.2 Å². The maximum Gasteiger partial charge on any atom is 0.156 e. The van der Waals surface area contributed by atoms with E-state index in [0.29, 0.717) is 5.54 Å². The molecule has 0 saturated carbocycles. The minimum Gasteiger partial charge on any atom is -1.00 e. The summed E-state index contributed by atoms with van der Waals surface area (Å²) in [5, 5.41) is 0. The second-order valence-electron chi connectivity index (χ2n) is 3.76. The Hall–Kier alpha value is 0. The van der Waals surface area contributed by atoms with Crippen molar-refractivity contribution < 1.29 is 21.9 Å². The first kappa shape index (κ1) is 9.09. The highest BCUT2D eigenvalue weighted by atomic mass is 79.9. The van der Waals surface area contributed by atoms with Crippen molar-refractivity contribution in [2.75, 3.05) is 7.05 Å². The Morgan fingerprint density at radius 2 is 2.27 bits per heavy atom. The maximum absolute atomic E-state index is 3.35. The summed E-state index contributed by atoms with van der Waals surface area (Å²) in [5.74, 6) is 6.60. The zero-order valence-electron chi connectivity index (χ0n) is 7.08. The van der Waals surface area contributed by atoms with Crippen LogP contribution in [0.4, 0.5) is 0 Å². The largest absolute Gasteiger partial charge is 1.00 e. The van der Waals surface area contributed by atoms with Gasteiger partial charge in [-0.25, -0.2) is 0 Å². The van der Waals surface area contributed by atoms with Crippen LogP contribution in [0.2, 0.25) is 0 Å². The zero-order chi connectivity index (χ0) is 7.19. The third-order valence-electron chi connectivity index (χ3n) is 3.19. The van der Waals surface area contributed by atoms with Crippen molar-refractivity contribution in [3.8, 4) is 11.8 Å². The first-order valence-electron chi connectivity index (χ1n) is 4.06. The fourth-order valence-electron chi connectivity index (χ4n) is 2.11. The molecular formula is C9H14BrN. The SMILES string of the molecule is C[NH+]1[C@@H]2CC#C[C@@]1(C)CC2.[Br-]. The van der Waals surface area contributed by atoms with E-state index in [1.54, 1.807) is 4.90 Å². The first-order valence-corrected chi connectivity index (χ1v) is 4.06. The van der Waals surface area contributed by atoms with Crippen LogP contribution in [0.25, 0.3) is 0 Å². The van der Waals surface area contributed by atoms with Crippen LogP contribution in [-0.2, 0) is 0 Å². The second kappa shape index (κ2) is 2.80.